The van der Waals surface area contributed by atoms with Crippen molar-refractivity contribution in [1.82, 2.24) is 0 Å². The molecule has 0 aliphatic heterocycles. The molecule has 0 aliphatic rings. The first-order chi connectivity index (χ1) is 15.4. The van der Waals surface area contributed by atoms with Crippen LogP contribution in [-0.2, 0) is 16.0 Å². The summed E-state index contributed by atoms with van der Waals surface area (Å²) in [4.78, 5) is 11.3. The van der Waals surface area contributed by atoms with Gasteiger partial charge in [-0.3, -0.25) is 0 Å². The fraction of sp³-hybridized carbons (Fsp3) is 0.320. The molecule has 0 spiro atoms. The first-order valence-corrected chi connectivity index (χ1v) is 10.8. The van der Waals surface area contributed by atoms with Crippen LogP contribution in [0, 0.1) is 11.8 Å². The van der Waals surface area contributed by atoms with E-state index in [0.717, 1.165) is 21.2 Å². The second-order valence-electron chi connectivity index (χ2n) is 6.80. The Morgan fingerprint density at radius 2 is 1.84 bits per heavy atom. The Morgan fingerprint density at radius 3 is 2.41 bits per heavy atom. The molecule has 0 radical (unpaired) electrons. The van der Waals surface area contributed by atoms with Gasteiger partial charge in [-0.25, -0.2) is 4.79 Å². The number of hydrogen-bond acceptors (Lipinski definition) is 5. The van der Waals surface area contributed by atoms with E-state index in [1.807, 2.05) is 43.3 Å². The molecule has 0 saturated carbocycles. The fourth-order valence-corrected chi connectivity index (χ4v) is 3.32. The molecule has 0 aliphatic carbocycles. The van der Waals surface area contributed by atoms with E-state index in [4.69, 9.17) is 18.9 Å². The number of ether oxygens (including phenoxy) is 4. The number of aliphatic carboxylic acids is 1. The maximum Gasteiger partial charge on any atom is 0.333 e. The van der Waals surface area contributed by atoms with E-state index in [1.54, 1.807) is 27.2 Å². The SMILES string of the molecule is CCOC(Cc1ccc(OCC=C(C)C#Cc2cc(OC)cc(OC)c2)c(Br)c1)C(=O)O. The lowest BCUT2D eigenvalue weighted by molar-refractivity contribution is -0.149. The summed E-state index contributed by atoms with van der Waals surface area (Å²) < 4.78 is 22.3. The van der Waals surface area contributed by atoms with E-state index >= 15 is 0 Å². The van der Waals surface area contributed by atoms with E-state index in [1.165, 1.54) is 0 Å². The van der Waals surface area contributed by atoms with Crippen LogP contribution in [0.2, 0.25) is 0 Å². The molecule has 1 unspecified atom stereocenters. The number of hydrogen-bond donors (Lipinski definition) is 1. The highest BCUT2D eigenvalue weighted by atomic mass is 79.9. The third-order valence-corrected chi connectivity index (χ3v) is 5.06. The summed E-state index contributed by atoms with van der Waals surface area (Å²) in [6, 6.07) is 11.0. The average Bonchev–Trinajstić information content (AvgIpc) is 2.78. The summed E-state index contributed by atoms with van der Waals surface area (Å²) in [7, 11) is 3.20. The van der Waals surface area contributed by atoms with Gasteiger partial charge >= 0.3 is 5.97 Å². The molecule has 0 saturated heterocycles. The number of carboxylic acids is 1. The topological polar surface area (TPSA) is 74.2 Å². The van der Waals surface area contributed by atoms with Gasteiger partial charge in [-0.15, -0.1) is 0 Å². The van der Waals surface area contributed by atoms with Crippen molar-refractivity contribution in [3.05, 3.63) is 63.6 Å². The molecule has 0 heterocycles. The number of benzene rings is 2. The van der Waals surface area contributed by atoms with Gasteiger partial charge in [0.25, 0.3) is 0 Å². The molecule has 0 bridgehead atoms. The highest BCUT2D eigenvalue weighted by molar-refractivity contribution is 9.10. The van der Waals surface area contributed by atoms with Crippen molar-refractivity contribution >= 4 is 21.9 Å². The number of rotatable bonds is 10. The van der Waals surface area contributed by atoms with Crippen molar-refractivity contribution in [1.29, 1.82) is 0 Å². The van der Waals surface area contributed by atoms with Gasteiger partial charge in [0.1, 0.15) is 23.9 Å². The molecule has 32 heavy (non-hydrogen) atoms. The predicted molar refractivity (Wildman–Crippen MR) is 127 cm³/mol. The Morgan fingerprint density at radius 1 is 1.16 bits per heavy atom. The highest BCUT2D eigenvalue weighted by Gasteiger charge is 2.18. The highest BCUT2D eigenvalue weighted by Crippen LogP contribution is 2.27. The molecular weight excluding hydrogens is 476 g/mol. The molecule has 170 valence electrons. The van der Waals surface area contributed by atoms with Crippen molar-refractivity contribution in [2.45, 2.75) is 26.4 Å². The first-order valence-electron chi connectivity index (χ1n) is 10.0. The minimum absolute atomic E-state index is 0.283. The lowest BCUT2D eigenvalue weighted by atomic mass is 10.1. The van der Waals surface area contributed by atoms with Crippen molar-refractivity contribution < 1.29 is 28.8 Å². The van der Waals surface area contributed by atoms with Gasteiger partial charge in [0.15, 0.2) is 6.10 Å². The van der Waals surface area contributed by atoms with Gasteiger partial charge in [-0.2, -0.15) is 0 Å². The smallest absolute Gasteiger partial charge is 0.333 e. The van der Waals surface area contributed by atoms with Gasteiger partial charge in [-0.1, -0.05) is 17.9 Å². The molecule has 6 nitrogen and oxygen atoms in total. The molecule has 7 heteroatoms. The summed E-state index contributed by atoms with van der Waals surface area (Å²) in [5.74, 6) is 7.24. The zero-order chi connectivity index (χ0) is 23.5. The van der Waals surface area contributed by atoms with Crippen LogP contribution in [0.3, 0.4) is 0 Å². The Kier molecular flexibility index (Phi) is 10.1. The number of carbonyl (C=O) groups is 1. The molecule has 2 aromatic carbocycles. The van der Waals surface area contributed by atoms with Crippen molar-refractivity contribution in [3.63, 3.8) is 0 Å². The molecule has 1 atom stereocenters. The monoisotopic (exact) mass is 502 g/mol. The van der Waals surface area contributed by atoms with Crippen LogP contribution in [-0.4, -0.2) is 44.6 Å². The first kappa shape index (κ1) is 25.3. The number of methoxy groups -OCH3 is 2. The number of halogens is 1. The predicted octanol–water partition coefficient (Wildman–Crippen LogP) is 4.88. The minimum Gasteiger partial charge on any atom is -0.497 e. The van der Waals surface area contributed by atoms with Crippen LogP contribution in [0.25, 0.3) is 0 Å². The summed E-state index contributed by atoms with van der Waals surface area (Å²) in [6.07, 6.45) is 1.30. The molecule has 0 amide bonds. The lowest BCUT2D eigenvalue weighted by Crippen LogP contribution is -2.26. The molecule has 2 aromatic rings. The van der Waals surface area contributed by atoms with E-state index in [0.29, 0.717) is 30.5 Å². The van der Waals surface area contributed by atoms with Crippen LogP contribution < -0.4 is 14.2 Å². The Hall–Kier alpha value is -2.95. The quantitative estimate of drug-likeness (QED) is 0.467. The van der Waals surface area contributed by atoms with E-state index < -0.39 is 12.1 Å². The third-order valence-electron chi connectivity index (χ3n) is 4.44. The molecule has 2 rings (SSSR count). The number of allylic oxidation sites excluding steroid dienone is 1. The fourth-order valence-electron chi connectivity index (χ4n) is 2.78. The molecule has 1 N–H and O–H groups in total. The van der Waals surface area contributed by atoms with Crippen LogP contribution >= 0.6 is 15.9 Å². The standard InChI is InChI=1S/C25H27BrO6/c1-5-31-24(25(27)28)15-19-8-9-23(22(26)14-19)32-11-10-17(2)6-7-18-12-20(29-3)16-21(13-18)30-4/h8-10,12-14,16,24H,5,11,15H2,1-4H3,(H,27,28). The third kappa shape index (κ3) is 7.95. The van der Waals surface area contributed by atoms with Crippen LogP contribution in [0.15, 0.2) is 52.5 Å². The Balaban J connectivity index is 1.99. The largest absolute Gasteiger partial charge is 0.497 e. The summed E-state index contributed by atoms with van der Waals surface area (Å²) >= 11 is 3.48. The van der Waals surface area contributed by atoms with E-state index in [2.05, 4.69) is 27.8 Å². The number of carboxylic acid groups (broad SMARTS) is 1. The van der Waals surface area contributed by atoms with Crippen molar-refractivity contribution in [3.8, 4) is 29.1 Å². The maximum atomic E-state index is 11.3. The van der Waals surface area contributed by atoms with Gasteiger partial charge in [0, 0.05) is 24.7 Å². The van der Waals surface area contributed by atoms with Crippen molar-refractivity contribution in [2.75, 3.05) is 27.4 Å². The van der Waals surface area contributed by atoms with Crippen LogP contribution in [0.1, 0.15) is 25.0 Å². The van der Waals surface area contributed by atoms with Gasteiger partial charge < -0.3 is 24.1 Å². The second kappa shape index (κ2) is 12.8. The zero-order valence-electron chi connectivity index (χ0n) is 18.6. The summed E-state index contributed by atoms with van der Waals surface area (Å²) in [5, 5.41) is 9.24. The van der Waals surface area contributed by atoms with E-state index in [9.17, 15) is 9.90 Å². The minimum atomic E-state index is -0.975. The zero-order valence-corrected chi connectivity index (χ0v) is 20.2. The lowest BCUT2D eigenvalue weighted by Gasteiger charge is -2.13. The molecule has 0 aromatic heterocycles. The molecular formula is C25H27BrO6. The van der Waals surface area contributed by atoms with Crippen molar-refractivity contribution in [2.24, 2.45) is 0 Å². The van der Waals surface area contributed by atoms with Crippen LogP contribution in [0.4, 0.5) is 0 Å². The summed E-state index contributed by atoms with van der Waals surface area (Å²) in [5.41, 5.74) is 2.50. The summed E-state index contributed by atoms with van der Waals surface area (Å²) in [6.45, 7) is 4.37. The normalized spacial score (nSPS) is 11.8. The van der Waals surface area contributed by atoms with E-state index in [-0.39, 0.29) is 6.42 Å². The van der Waals surface area contributed by atoms with Gasteiger partial charge in [0.05, 0.1) is 18.7 Å². The van der Waals surface area contributed by atoms with Crippen LogP contribution in [0.5, 0.6) is 17.2 Å². The maximum absolute atomic E-state index is 11.3. The van der Waals surface area contributed by atoms with Gasteiger partial charge in [0.2, 0.25) is 0 Å². The Labute approximate surface area is 197 Å². The average molecular weight is 503 g/mol. The second-order valence-corrected chi connectivity index (χ2v) is 7.65. The Bertz CT molecular complexity index is 997. The molecule has 0 fully saturated rings. The van der Waals surface area contributed by atoms with Gasteiger partial charge in [-0.05, 0) is 71.3 Å².